The highest BCUT2D eigenvalue weighted by atomic mass is 16.5. The van der Waals surface area contributed by atoms with Gasteiger partial charge in [0.2, 0.25) is 0 Å². The molecule has 0 saturated heterocycles. The third-order valence-corrected chi connectivity index (χ3v) is 4.64. The van der Waals surface area contributed by atoms with Crippen molar-refractivity contribution in [2.24, 2.45) is 0 Å². The second-order valence-electron chi connectivity index (χ2n) is 6.55. The second kappa shape index (κ2) is 7.04. The molecule has 1 aliphatic rings. The van der Waals surface area contributed by atoms with E-state index in [9.17, 15) is 4.79 Å². The van der Waals surface area contributed by atoms with E-state index in [0.29, 0.717) is 18.3 Å². The third-order valence-electron chi connectivity index (χ3n) is 4.64. The number of nitrogens with zero attached hydrogens (tertiary/aromatic N) is 2. The van der Waals surface area contributed by atoms with Crippen molar-refractivity contribution in [2.45, 2.75) is 25.4 Å². The monoisotopic (exact) mass is 347 g/mol. The zero-order valence-electron chi connectivity index (χ0n) is 14.7. The average Bonchev–Trinajstić information content (AvgIpc) is 3.42. The Morgan fingerprint density at radius 3 is 2.54 bits per heavy atom. The van der Waals surface area contributed by atoms with Crippen LogP contribution >= 0.6 is 0 Å². The van der Waals surface area contributed by atoms with Crippen LogP contribution in [0.3, 0.4) is 0 Å². The highest BCUT2D eigenvalue weighted by Gasteiger charge is 2.33. The number of amides is 1. The Labute approximate surface area is 152 Å². The van der Waals surface area contributed by atoms with Crippen LogP contribution in [0.5, 0.6) is 5.75 Å². The van der Waals surface area contributed by atoms with Crippen molar-refractivity contribution in [1.29, 1.82) is 0 Å². The molecule has 5 heteroatoms. The molecule has 0 unspecified atom stereocenters. The minimum Gasteiger partial charge on any atom is -0.497 e. The molecule has 0 bridgehead atoms. The number of aromatic amines is 1. The van der Waals surface area contributed by atoms with E-state index in [-0.39, 0.29) is 5.91 Å². The van der Waals surface area contributed by atoms with Crippen LogP contribution in [0.1, 0.15) is 28.9 Å². The first-order chi connectivity index (χ1) is 12.7. The first kappa shape index (κ1) is 16.4. The highest BCUT2D eigenvalue weighted by Crippen LogP contribution is 2.30. The summed E-state index contributed by atoms with van der Waals surface area (Å²) in [5.41, 5.74) is 3.41. The van der Waals surface area contributed by atoms with E-state index in [2.05, 4.69) is 10.2 Å². The molecule has 1 fully saturated rings. The van der Waals surface area contributed by atoms with E-state index < -0.39 is 0 Å². The fourth-order valence-corrected chi connectivity index (χ4v) is 3.02. The Morgan fingerprint density at radius 2 is 1.88 bits per heavy atom. The molecule has 5 nitrogen and oxygen atoms in total. The smallest absolute Gasteiger partial charge is 0.272 e. The number of methoxy groups -OCH3 is 1. The molecule has 1 saturated carbocycles. The number of carbonyl (C=O) groups excluding carboxylic acids is 1. The lowest BCUT2D eigenvalue weighted by Gasteiger charge is -2.22. The summed E-state index contributed by atoms with van der Waals surface area (Å²) >= 11 is 0. The van der Waals surface area contributed by atoms with Crippen LogP contribution in [-0.4, -0.2) is 34.2 Å². The van der Waals surface area contributed by atoms with Crippen molar-refractivity contribution < 1.29 is 9.53 Å². The van der Waals surface area contributed by atoms with Gasteiger partial charge in [-0.25, -0.2) is 0 Å². The number of aromatic nitrogens is 2. The Hall–Kier alpha value is -3.08. The van der Waals surface area contributed by atoms with Gasteiger partial charge >= 0.3 is 0 Å². The van der Waals surface area contributed by atoms with Crippen molar-refractivity contribution in [2.75, 3.05) is 7.11 Å². The number of H-pyrrole nitrogens is 1. The van der Waals surface area contributed by atoms with E-state index in [0.717, 1.165) is 35.4 Å². The lowest BCUT2D eigenvalue weighted by Crippen LogP contribution is -2.32. The van der Waals surface area contributed by atoms with E-state index in [1.54, 1.807) is 7.11 Å². The molecular weight excluding hydrogens is 326 g/mol. The van der Waals surface area contributed by atoms with E-state index >= 15 is 0 Å². The van der Waals surface area contributed by atoms with Crippen LogP contribution < -0.4 is 4.74 Å². The lowest BCUT2D eigenvalue weighted by atomic mass is 10.1. The van der Waals surface area contributed by atoms with Gasteiger partial charge in [0.1, 0.15) is 11.4 Å². The van der Waals surface area contributed by atoms with Gasteiger partial charge in [0.05, 0.1) is 12.8 Å². The summed E-state index contributed by atoms with van der Waals surface area (Å²) in [6.45, 7) is 0.590. The maximum absolute atomic E-state index is 13.0. The molecule has 1 aromatic heterocycles. The zero-order valence-corrected chi connectivity index (χ0v) is 14.7. The van der Waals surface area contributed by atoms with Crippen molar-refractivity contribution in [3.8, 4) is 17.0 Å². The average molecular weight is 347 g/mol. The molecular formula is C21H21N3O2. The topological polar surface area (TPSA) is 58.2 Å². The standard InChI is InChI=1S/C21H21N3O2/c1-26-18-11-7-15(8-12-18)14-24(17-9-10-17)21(25)20-13-19(22-23-20)16-5-3-2-4-6-16/h2-8,11-13,17H,9-10,14H2,1H3,(H,22,23). The number of rotatable bonds is 6. The van der Waals surface area contributed by atoms with Crippen molar-refractivity contribution in [1.82, 2.24) is 15.1 Å². The molecule has 4 rings (SSSR count). The maximum Gasteiger partial charge on any atom is 0.272 e. The van der Waals surface area contributed by atoms with Gasteiger partial charge in [-0.1, -0.05) is 42.5 Å². The molecule has 132 valence electrons. The minimum atomic E-state index is -0.00185. The molecule has 1 aliphatic carbocycles. The fraction of sp³-hybridized carbons (Fsp3) is 0.238. The summed E-state index contributed by atoms with van der Waals surface area (Å²) in [6, 6.07) is 19.9. The van der Waals surface area contributed by atoms with Crippen LogP contribution in [0.25, 0.3) is 11.3 Å². The molecule has 1 N–H and O–H groups in total. The number of ether oxygens (including phenoxy) is 1. The minimum absolute atomic E-state index is 0.00185. The third kappa shape index (κ3) is 3.47. The number of hydrogen-bond acceptors (Lipinski definition) is 3. The predicted octanol–water partition coefficient (Wildman–Crippen LogP) is 3.89. The number of nitrogens with one attached hydrogen (secondary N) is 1. The number of benzene rings is 2. The maximum atomic E-state index is 13.0. The normalized spacial score (nSPS) is 13.4. The highest BCUT2D eigenvalue weighted by molar-refractivity contribution is 5.93. The molecule has 0 atom stereocenters. The first-order valence-electron chi connectivity index (χ1n) is 8.79. The van der Waals surface area contributed by atoms with Gasteiger partial charge in [-0.15, -0.1) is 0 Å². The van der Waals surface area contributed by atoms with Gasteiger partial charge in [0.25, 0.3) is 5.91 Å². The predicted molar refractivity (Wildman–Crippen MR) is 99.9 cm³/mol. The van der Waals surface area contributed by atoms with Crippen LogP contribution in [0.15, 0.2) is 60.7 Å². The fourth-order valence-electron chi connectivity index (χ4n) is 3.02. The van der Waals surface area contributed by atoms with Crippen LogP contribution in [-0.2, 0) is 6.54 Å². The molecule has 3 aromatic rings. The molecule has 1 amide bonds. The molecule has 1 heterocycles. The van der Waals surface area contributed by atoms with Gasteiger partial charge in [0.15, 0.2) is 0 Å². The Balaban J connectivity index is 1.53. The Bertz CT molecular complexity index is 883. The van der Waals surface area contributed by atoms with Crippen LogP contribution in [0.2, 0.25) is 0 Å². The molecule has 26 heavy (non-hydrogen) atoms. The molecule has 0 radical (unpaired) electrons. The summed E-state index contributed by atoms with van der Waals surface area (Å²) < 4.78 is 5.20. The summed E-state index contributed by atoms with van der Waals surface area (Å²) in [6.07, 6.45) is 2.11. The second-order valence-corrected chi connectivity index (χ2v) is 6.55. The first-order valence-corrected chi connectivity index (χ1v) is 8.79. The molecule has 0 spiro atoms. The van der Waals surface area contributed by atoms with Crippen LogP contribution in [0.4, 0.5) is 0 Å². The summed E-state index contributed by atoms with van der Waals surface area (Å²) in [5, 5.41) is 7.22. The van der Waals surface area contributed by atoms with E-state index in [1.807, 2.05) is 65.6 Å². The van der Waals surface area contributed by atoms with Gasteiger partial charge < -0.3 is 9.64 Å². The SMILES string of the molecule is COc1ccc(CN(C(=O)c2cc(-c3ccccc3)n[nH]2)C2CC2)cc1. The van der Waals surface area contributed by atoms with E-state index in [4.69, 9.17) is 4.74 Å². The van der Waals surface area contributed by atoms with Crippen molar-refractivity contribution in [3.63, 3.8) is 0 Å². The van der Waals surface area contributed by atoms with Gasteiger partial charge in [-0.05, 0) is 36.6 Å². The Kier molecular flexibility index (Phi) is 4.44. The van der Waals surface area contributed by atoms with Gasteiger partial charge in [-0.3, -0.25) is 9.89 Å². The van der Waals surface area contributed by atoms with Crippen LogP contribution in [0, 0.1) is 0 Å². The molecule has 2 aromatic carbocycles. The summed E-state index contributed by atoms with van der Waals surface area (Å²) in [7, 11) is 1.65. The van der Waals surface area contributed by atoms with Crippen molar-refractivity contribution >= 4 is 5.91 Å². The Morgan fingerprint density at radius 1 is 1.15 bits per heavy atom. The van der Waals surface area contributed by atoms with Crippen molar-refractivity contribution in [3.05, 3.63) is 71.9 Å². The number of carbonyl (C=O) groups is 1. The molecule has 0 aliphatic heterocycles. The van der Waals surface area contributed by atoms with E-state index in [1.165, 1.54) is 0 Å². The quantitative estimate of drug-likeness (QED) is 0.736. The van der Waals surface area contributed by atoms with Gasteiger partial charge in [-0.2, -0.15) is 5.10 Å². The summed E-state index contributed by atoms with van der Waals surface area (Å²) in [5.74, 6) is 0.817. The lowest BCUT2D eigenvalue weighted by molar-refractivity contribution is 0.0724. The summed E-state index contributed by atoms with van der Waals surface area (Å²) in [4.78, 5) is 15.0. The largest absolute Gasteiger partial charge is 0.497 e. The van der Waals surface area contributed by atoms with Gasteiger partial charge in [0, 0.05) is 18.2 Å². The zero-order chi connectivity index (χ0) is 17.9. The number of hydrogen-bond donors (Lipinski definition) is 1.